The molecule has 42 heteroatoms. The molecule has 3 aromatic carbocycles. The second kappa shape index (κ2) is 47.0. The molecule has 4 fully saturated rings. The number of fused-ring (bicyclic) bond motifs is 5. The van der Waals surface area contributed by atoms with Crippen LogP contribution in [0.4, 0.5) is 0 Å². The van der Waals surface area contributed by atoms with E-state index >= 15 is 33.6 Å². The first-order valence-electron chi connectivity index (χ1n) is 43.0. The van der Waals surface area contributed by atoms with Crippen molar-refractivity contribution in [3.63, 3.8) is 0 Å². The lowest BCUT2D eigenvalue weighted by molar-refractivity contribution is -0.153. The third-order valence-electron chi connectivity index (χ3n) is 23.1. The number of nitrogens with two attached hydrogens (primary N) is 2. The number of carbonyl (C=O) groups is 17. The molecule has 4 saturated heterocycles. The van der Waals surface area contributed by atoms with E-state index in [1.807, 2.05) is 13.8 Å². The molecule has 5 aromatic rings. The summed E-state index contributed by atoms with van der Waals surface area (Å²) in [6.07, 6.45) is 1.37. The first-order valence-corrected chi connectivity index (χ1v) is 44.2. The maximum atomic E-state index is 15.6. The van der Waals surface area contributed by atoms with Crippen LogP contribution in [0.1, 0.15) is 122 Å². The lowest BCUT2D eigenvalue weighted by Gasteiger charge is -2.37. The van der Waals surface area contributed by atoms with E-state index in [9.17, 15) is 68.4 Å². The first-order chi connectivity index (χ1) is 61.0. The number of rotatable bonds is 21. The number of ether oxygens (including phenoxy) is 1. The molecular formula is C86H119N19O22S. The van der Waals surface area contributed by atoms with Crippen LogP contribution < -0.4 is 64.6 Å². The van der Waals surface area contributed by atoms with Crippen molar-refractivity contribution in [3.05, 3.63) is 102 Å². The van der Waals surface area contributed by atoms with E-state index in [1.165, 1.54) is 45.3 Å². The Morgan fingerprint density at radius 1 is 0.578 bits per heavy atom. The van der Waals surface area contributed by atoms with Crippen LogP contribution in [0.25, 0.3) is 21.8 Å². The van der Waals surface area contributed by atoms with Crippen molar-refractivity contribution in [1.29, 1.82) is 0 Å². The largest absolute Gasteiger partial charge is 0.508 e. The van der Waals surface area contributed by atoms with Gasteiger partial charge in [0.1, 0.15) is 90.3 Å². The van der Waals surface area contributed by atoms with Crippen molar-refractivity contribution >= 4 is 134 Å². The van der Waals surface area contributed by atoms with Gasteiger partial charge in [0, 0.05) is 106 Å². The van der Waals surface area contributed by atoms with Gasteiger partial charge in [-0.15, -0.1) is 11.8 Å². The highest BCUT2D eigenvalue weighted by atomic mass is 32.2. The van der Waals surface area contributed by atoms with Crippen molar-refractivity contribution in [2.75, 3.05) is 78.1 Å². The van der Waals surface area contributed by atoms with Gasteiger partial charge in [-0.25, -0.2) is 0 Å². The van der Waals surface area contributed by atoms with Gasteiger partial charge in [0.15, 0.2) is 0 Å². The zero-order valence-electron chi connectivity index (χ0n) is 72.7. The number of hydrogen-bond donors (Lipinski definition) is 18. The lowest BCUT2D eigenvalue weighted by atomic mass is 10.00. The number of phenolic OH excluding ortho intramolecular Hbond substituents is 1. The summed E-state index contributed by atoms with van der Waals surface area (Å²) in [5.41, 5.74) is 14.2. The minimum atomic E-state index is -1.91. The molecule has 0 saturated carbocycles. The van der Waals surface area contributed by atoms with Gasteiger partial charge in [0.2, 0.25) is 94.5 Å². The average Bonchev–Trinajstić information content (AvgIpc) is 1.78. The standard InChI is InChI=1S/C86H119N19O22S/c1-8-10-21-65-78(118)92-47(5)73(113)100-64(74(114)91-40-70(88)109)44-128-45-71(110)93-59(32-48-24-26-51(107)27-25-48)83(123)104-29-30-127-43-69(104)81(121)97-61(36-72(111)112)84(124)103-28-16-23-66(103)79(119)98-62(37-87)76(116)95-58(31-46(3)4)85(125)105-41-52(108)35-68(105)80(120)94-57(33-49-38-89-55-19-14-12-17-53(49)55)75(115)99-63(42-106)77(117)96-60(34-50-39-90-56-20-15-13-18-54(50)56)82(122)102(7)67(22-11-9-2)86(126)101(65)6/h12-15,17-20,24-27,38-39,46-47,52,57-69,89-90,106-108H,8-11,16,21-23,28-37,40-45,87H2,1-7H3,(H2,88,109)(H,91,114)(H,92,118)(H,93,110)(H,94,120)(H,95,116)(H,96,117)(H,97,121)(H,98,119)(H,99,115)(H,100,113)(H,111,112)/t47-,52+,57-,58-,59-,60-,61-,62-,63-,64-,65-,66-,67-,68-,69-/m0/s1. The third-order valence-corrected chi connectivity index (χ3v) is 24.1. The average molecular weight is 1800 g/mol. The molecule has 16 amide bonds. The topological polar surface area (TPSA) is 600 Å². The van der Waals surface area contributed by atoms with Crippen LogP contribution in [0.15, 0.2) is 85.2 Å². The smallest absolute Gasteiger partial charge is 0.305 e. The Labute approximate surface area is 743 Å². The number of morpholine rings is 1. The van der Waals surface area contributed by atoms with Gasteiger partial charge in [-0.3, -0.25) is 81.5 Å². The number of hydrogen-bond acceptors (Lipinski definition) is 23. The second-order valence-electron chi connectivity index (χ2n) is 33.0. The van der Waals surface area contributed by atoms with Gasteiger partial charge in [-0.1, -0.05) is 102 Å². The minimum Gasteiger partial charge on any atom is -0.508 e. The van der Waals surface area contributed by atoms with Crippen molar-refractivity contribution in [2.24, 2.45) is 17.4 Å². The molecule has 4 aliphatic rings. The number of amides is 16. The number of nitrogens with zero attached hydrogens (tertiary/aromatic N) is 5. The van der Waals surface area contributed by atoms with Crippen molar-refractivity contribution < 1.29 is 107 Å². The summed E-state index contributed by atoms with van der Waals surface area (Å²) in [5, 5.41) is 70.0. The van der Waals surface area contributed by atoms with Crippen molar-refractivity contribution in [1.82, 2.24) is 87.6 Å². The number of primary amides is 1. The second-order valence-corrected chi connectivity index (χ2v) is 34.1. The summed E-state index contributed by atoms with van der Waals surface area (Å²) < 4.78 is 5.67. The van der Waals surface area contributed by atoms with Gasteiger partial charge < -0.3 is 124 Å². The Balaban J connectivity index is 1.07. The van der Waals surface area contributed by atoms with E-state index in [4.69, 9.17) is 16.2 Å². The highest BCUT2D eigenvalue weighted by Gasteiger charge is 2.47. The molecule has 4 aliphatic heterocycles. The quantitative estimate of drug-likeness (QED) is 0.0344. The molecule has 0 bridgehead atoms. The number of para-hydroxylation sites is 2. The monoisotopic (exact) mass is 1800 g/mol. The number of aromatic nitrogens is 2. The van der Waals surface area contributed by atoms with Crippen LogP contribution in [-0.2, 0) is 106 Å². The van der Waals surface area contributed by atoms with Gasteiger partial charge in [-0.05, 0) is 85.9 Å². The van der Waals surface area contributed by atoms with E-state index in [-0.39, 0.29) is 82.7 Å². The molecule has 2 aromatic heterocycles. The summed E-state index contributed by atoms with van der Waals surface area (Å²) in [4.78, 5) is 259. The number of unbranched alkanes of at least 4 members (excludes halogenated alkanes) is 2. The van der Waals surface area contributed by atoms with E-state index in [0.717, 1.165) is 36.3 Å². The fourth-order valence-corrected chi connectivity index (χ4v) is 17.0. The summed E-state index contributed by atoms with van der Waals surface area (Å²) >= 11 is 0.773. The van der Waals surface area contributed by atoms with Crippen LogP contribution in [0.2, 0.25) is 0 Å². The fraction of sp³-hybridized carbons (Fsp3) is 0.547. The number of carboxylic acid groups (broad SMARTS) is 1. The van der Waals surface area contributed by atoms with E-state index in [2.05, 4.69) is 63.1 Å². The number of benzene rings is 3. The Kier molecular flexibility index (Phi) is 36.5. The highest BCUT2D eigenvalue weighted by Crippen LogP contribution is 2.28. The predicted octanol–water partition coefficient (Wildman–Crippen LogP) is -3.20. The van der Waals surface area contributed by atoms with Crippen LogP contribution in [0.5, 0.6) is 5.75 Å². The molecule has 20 N–H and O–H groups in total. The summed E-state index contributed by atoms with van der Waals surface area (Å²) in [5.74, 6) is -18.2. The number of nitrogens with one attached hydrogen (secondary N) is 12. The predicted molar refractivity (Wildman–Crippen MR) is 466 cm³/mol. The Bertz CT molecular complexity index is 4840. The molecule has 0 unspecified atom stereocenters. The number of carboxylic acids is 1. The first kappa shape index (κ1) is 99.5. The third kappa shape index (κ3) is 26.5. The summed E-state index contributed by atoms with van der Waals surface area (Å²) in [7, 11) is 2.70. The van der Waals surface area contributed by atoms with Crippen LogP contribution in [0, 0.1) is 5.92 Å². The Morgan fingerprint density at radius 3 is 1.73 bits per heavy atom. The maximum Gasteiger partial charge on any atom is 0.305 e. The number of phenols is 1. The molecular weight excluding hydrogens is 1680 g/mol. The summed E-state index contributed by atoms with van der Waals surface area (Å²) in [6.45, 7) is 4.44. The minimum absolute atomic E-state index is 0.0160. The Hall–Kier alpha value is -12.3. The lowest BCUT2D eigenvalue weighted by Crippen LogP contribution is -2.63. The molecule has 0 radical (unpaired) electrons. The number of aliphatic hydroxyl groups excluding tert-OH is 2. The molecule has 0 spiro atoms. The van der Waals surface area contributed by atoms with Crippen molar-refractivity contribution in [3.8, 4) is 5.75 Å². The molecule has 0 aliphatic carbocycles. The number of carbonyl (C=O) groups excluding carboxylic acids is 16. The fourth-order valence-electron chi connectivity index (χ4n) is 16.2. The van der Waals surface area contributed by atoms with Gasteiger partial charge in [0.25, 0.3) is 0 Å². The van der Waals surface area contributed by atoms with Crippen LogP contribution in [-0.4, -0.2) is 324 Å². The molecule has 9 rings (SSSR count). The molecule has 696 valence electrons. The van der Waals surface area contributed by atoms with Crippen LogP contribution in [0.3, 0.4) is 0 Å². The number of likely N-dealkylation sites (N-methyl/N-ethyl adjacent to an activating group) is 2. The zero-order chi connectivity index (χ0) is 93.3. The molecule has 6 heterocycles. The SMILES string of the molecule is CCCC[C@H]1C(=O)N(C)[C@@H](CCCC)C(=O)N[C@@H](C)C(=O)N[C@H](C(=O)NCC(N)=O)CSCC(=O)N[C@@H](Cc2ccc(O)cc2)C(=O)N2CCOC[C@H]2C(=O)N[C@@H](CC(=O)O)C(=O)N2CCC[C@H]2C(=O)N[C@@H](CN)C(=O)N[C@@H](CC(C)C)C(=O)N2C[C@H](O)C[C@H]2C(=O)N[C@@H](Cc2c[nH]c3ccccc23)C(=O)N[C@@H](CO)C(=O)N[C@@H](Cc2c[nH]c3ccccc23)C(=O)N1C. The number of aliphatic carboxylic acids is 1. The number of aromatic amines is 2. The number of thioether (sulfide) groups is 1. The van der Waals surface area contributed by atoms with E-state index in [1.54, 1.807) is 74.8 Å². The zero-order valence-corrected chi connectivity index (χ0v) is 73.5. The number of aliphatic hydroxyl groups is 2. The van der Waals surface area contributed by atoms with Crippen LogP contribution >= 0.6 is 11.8 Å². The van der Waals surface area contributed by atoms with E-state index in [0.29, 0.717) is 64.2 Å². The van der Waals surface area contributed by atoms with Crippen molar-refractivity contribution in [2.45, 2.75) is 215 Å². The summed E-state index contributed by atoms with van der Waals surface area (Å²) in [6, 6.07) is -2.28. The highest BCUT2D eigenvalue weighted by molar-refractivity contribution is 8.00. The number of aromatic hydroxyl groups is 1. The molecule has 41 nitrogen and oxygen atoms in total. The number of H-pyrrole nitrogens is 2. The van der Waals surface area contributed by atoms with Gasteiger partial charge in [0.05, 0.1) is 44.6 Å². The van der Waals surface area contributed by atoms with E-state index < -0.39 is 248 Å². The molecule has 128 heavy (non-hydrogen) atoms. The molecule has 15 atom stereocenters. The Morgan fingerprint density at radius 2 is 1.11 bits per heavy atom. The normalized spacial score (nSPS) is 26.1. The van der Waals surface area contributed by atoms with Gasteiger partial charge in [-0.2, -0.15) is 0 Å². The maximum absolute atomic E-state index is 15.6. The van der Waals surface area contributed by atoms with Gasteiger partial charge >= 0.3 is 5.97 Å².